The number of nitrogens with zero attached hydrogens (tertiary/aromatic N) is 3. The van der Waals surface area contributed by atoms with Crippen molar-refractivity contribution in [2.75, 3.05) is 38.1 Å². The molecule has 1 aromatic rings. The highest BCUT2D eigenvalue weighted by Crippen LogP contribution is 2.35. The number of hydrogen-bond donors (Lipinski definition) is 1. The number of ether oxygens (including phenoxy) is 2. The number of nitrogens with one attached hydrogen (secondary N) is 1. The lowest BCUT2D eigenvalue weighted by atomic mass is 9.78. The van der Waals surface area contributed by atoms with Crippen LogP contribution in [-0.4, -0.2) is 65.9 Å². The zero-order chi connectivity index (χ0) is 23.4. The fourth-order valence-corrected chi connectivity index (χ4v) is 4.26. The summed E-state index contributed by atoms with van der Waals surface area (Å²) in [6.45, 7) is 13.6. The molecule has 0 aromatic heterocycles. The molecule has 3 rings (SSSR count). The predicted octanol–water partition coefficient (Wildman–Crippen LogP) is 4.43. The molecule has 1 aliphatic carbocycles. The Morgan fingerprint density at radius 3 is 2.62 bits per heavy atom. The van der Waals surface area contributed by atoms with Crippen LogP contribution in [0.3, 0.4) is 0 Å². The first-order chi connectivity index (χ1) is 15.1. The number of carbonyl (C=O) groups excluding carboxylic acids is 1. The highest BCUT2D eigenvalue weighted by atomic mass is 16.6. The van der Waals surface area contributed by atoms with Crippen molar-refractivity contribution in [1.82, 2.24) is 9.80 Å². The second-order valence-electron chi connectivity index (χ2n) is 10.0. The Kier molecular flexibility index (Phi) is 7.55. The van der Waals surface area contributed by atoms with E-state index >= 15 is 0 Å². The van der Waals surface area contributed by atoms with E-state index in [2.05, 4.69) is 36.2 Å². The third kappa shape index (κ3) is 6.07. The van der Waals surface area contributed by atoms with Crippen LogP contribution in [0.1, 0.15) is 59.4 Å². The van der Waals surface area contributed by atoms with Crippen molar-refractivity contribution in [3.8, 4) is 11.8 Å². The zero-order valence-corrected chi connectivity index (χ0v) is 20.2. The normalized spacial score (nSPS) is 20.8. The molecule has 1 saturated carbocycles. The lowest BCUT2D eigenvalue weighted by Gasteiger charge is -2.40. The van der Waals surface area contributed by atoms with Crippen LogP contribution in [0.4, 0.5) is 10.5 Å². The molecule has 2 fully saturated rings. The summed E-state index contributed by atoms with van der Waals surface area (Å²) in [5.74, 6) is 0.901. The van der Waals surface area contributed by atoms with Crippen molar-refractivity contribution in [1.29, 1.82) is 5.26 Å². The molecule has 176 valence electrons. The zero-order valence-electron chi connectivity index (χ0n) is 20.2. The van der Waals surface area contributed by atoms with Crippen LogP contribution in [0.5, 0.6) is 5.75 Å². The topological polar surface area (TPSA) is 77.8 Å². The van der Waals surface area contributed by atoms with Gasteiger partial charge in [0.25, 0.3) is 0 Å². The third-order valence-corrected chi connectivity index (χ3v) is 6.25. The summed E-state index contributed by atoms with van der Waals surface area (Å²) in [5, 5.41) is 12.9. The Morgan fingerprint density at radius 1 is 1.31 bits per heavy atom. The quantitative estimate of drug-likeness (QED) is 0.673. The smallest absolute Gasteiger partial charge is 0.410 e. The van der Waals surface area contributed by atoms with E-state index < -0.39 is 11.1 Å². The molecule has 1 amide bonds. The Morgan fingerprint density at radius 2 is 2.06 bits per heavy atom. The van der Waals surface area contributed by atoms with E-state index in [9.17, 15) is 10.1 Å². The molecule has 1 unspecified atom stereocenters. The Hall–Kier alpha value is -2.46. The second-order valence-corrected chi connectivity index (χ2v) is 10.0. The van der Waals surface area contributed by atoms with E-state index in [1.165, 1.54) is 0 Å². The Bertz CT molecular complexity index is 839. The average Bonchev–Trinajstić information content (AvgIpc) is 2.70. The largest absolute Gasteiger partial charge is 0.492 e. The van der Waals surface area contributed by atoms with Gasteiger partial charge in [0.05, 0.1) is 6.07 Å². The first kappa shape index (κ1) is 24.2. The lowest BCUT2D eigenvalue weighted by Crippen LogP contribution is -2.55. The van der Waals surface area contributed by atoms with Crippen molar-refractivity contribution in [2.45, 2.75) is 77.5 Å². The highest BCUT2D eigenvalue weighted by molar-refractivity contribution is 5.68. The molecule has 7 nitrogen and oxygen atoms in total. The first-order valence-electron chi connectivity index (χ1n) is 11.8. The van der Waals surface area contributed by atoms with Gasteiger partial charge >= 0.3 is 6.09 Å². The van der Waals surface area contributed by atoms with E-state index in [1.807, 2.05) is 37.8 Å². The SMILES string of the molecule is CCc1cc(NC2(C#N)CCC2)ccc1OCCN1CCN(C(=O)OC(C)(C)C)C(C)C1. The van der Waals surface area contributed by atoms with Crippen molar-refractivity contribution >= 4 is 11.8 Å². The minimum Gasteiger partial charge on any atom is -0.492 e. The number of carbonyl (C=O) groups is 1. The number of piperazine rings is 1. The first-order valence-corrected chi connectivity index (χ1v) is 11.8. The molecular weight excluding hydrogens is 404 g/mol. The summed E-state index contributed by atoms with van der Waals surface area (Å²) in [4.78, 5) is 16.5. The summed E-state index contributed by atoms with van der Waals surface area (Å²) in [6, 6.07) is 8.66. The number of hydrogen-bond acceptors (Lipinski definition) is 6. The maximum Gasteiger partial charge on any atom is 0.410 e. The van der Waals surface area contributed by atoms with Crippen LogP contribution >= 0.6 is 0 Å². The summed E-state index contributed by atoms with van der Waals surface area (Å²) in [6.07, 6.45) is 3.55. The summed E-state index contributed by atoms with van der Waals surface area (Å²) >= 11 is 0. The summed E-state index contributed by atoms with van der Waals surface area (Å²) < 4.78 is 11.6. The van der Waals surface area contributed by atoms with Gasteiger partial charge in [0, 0.05) is 37.9 Å². The van der Waals surface area contributed by atoms with E-state index in [-0.39, 0.29) is 12.1 Å². The minimum atomic E-state index is -0.475. The van der Waals surface area contributed by atoms with Crippen LogP contribution < -0.4 is 10.1 Å². The van der Waals surface area contributed by atoms with Crippen LogP contribution in [0, 0.1) is 11.3 Å². The summed E-state index contributed by atoms with van der Waals surface area (Å²) in [7, 11) is 0. The average molecular weight is 443 g/mol. The molecule has 1 aromatic carbocycles. The molecule has 1 saturated heterocycles. The van der Waals surface area contributed by atoms with Gasteiger partial charge in [-0.25, -0.2) is 4.79 Å². The van der Waals surface area contributed by atoms with E-state index in [0.717, 1.165) is 62.3 Å². The molecular formula is C25H38N4O3. The van der Waals surface area contributed by atoms with E-state index in [4.69, 9.17) is 9.47 Å². The highest BCUT2D eigenvalue weighted by Gasteiger charge is 2.37. The fourth-order valence-electron chi connectivity index (χ4n) is 4.26. The molecule has 0 spiro atoms. The van der Waals surface area contributed by atoms with Gasteiger partial charge in [-0.05, 0) is 77.1 Å². The molecule has 1 aliphatic heterocycles. The predicted molar refractivity (Wildman–Crippen MR) is 126 cm³/mol. The van der Waals surface area contributed by atoms with Crippen LogP contribution in [0.2, 0.25) is 0 Å². The van der Waals surface area contributed by atoms with E-state index in [1.54, 1.807) is 0 Å². The lowest BCUT2D eigenvalue weighted by molar-refractivity contribution is 0.000347. The van der Waals surface area contributed by atoms with Gasteiger partial charge in [-0.2, -0.15) is 5.26 Å². The van der Waals surface area contributed by atoms with Gasteiger partial charge in [0.15, 0.2) is 0 Å². The Balaban J connectivity index is 1.48. The molecule has 7 heteroatoms. The number of aryl methyl sites for hydroxylation is 1. The number of rotatable bonds is 7. The molecule has 32 heavy (non-hydrogen) atoms. The Labute approximate surface area is 192 Å². The van der Waals surface area contributed by atoms with Crippen molar-refractivity contribution in [3.05, 3.63) is 23.8 Å². The third-order valence-electron chi connectivity index (χ3n) is 6.25. The number of nitriles is 1. The van der Waals surface area contributed by atoms with Gasteiger partial charge in [-0.3, -0.25) is 4.90 Å². The number of amides is 1. The molecule has 1 N–H and O–H groups in total. The van der Waals surface area contributed by atoms with Gasteiger partial charge in [-0.15, -0.1) is 0 Å². The maximum absolute atomic E-state index is 12.4. The molecule has 1 atom stereocenters. The second kappa shape index (κ2) is 9.99. The molecule has 0 radical (unpaired) electrons. The van der Waals surface area contributed by atoms with Crippen molar-refractivity contribution in [3.63, 3.8) is 0 Å². The monoisotopic (exact) mass is 442 g/mol. The number of benzene rings is 1. The molecule has 0 bridgehead atoms. The van der Waals surface area contributed by atoms with Crippen LogP contribution in [0.15, 0.2) is 18.2 Å². The van der Waals surface area contributed by atoms with Crippen molar-refractivity contribution in [2.24, 2.45) is 0 Å². The number of anilines is 1. The molecule has 1 heterocycles. The minimum absolute atomic E-state index is 0.106. The van der Waals surface area contributed by atoms with Crippen LogP contribution in [0.25, 0.3) is 0 Å². The van der Waals surface area contributed by atoms with E-state index in [0.29, 0.717) is 13.2 Å². The van der Waals surface area contributed by atoms with Gasteiger partial charge in [-0.1, -0.05) is 6.92 Å². The van der Waals surface area contributed by atoms with Gasteiger partial charge < -0.3 is 19.7 Å². The van der Waals surface area contributed by atoms with Gasteiger partial charge in [0.2, 0.25) is 0 Å². The standard InChI is InChI=1S/C25H38N4O3/c1-6-20-16-21(27-25(18-26)10-7-11-25)8-9-22(20)31-15-14-28-12-13-29(19(2)17-28)23(30)32-24(3,4)5/h8-9,16,19,27H,6-7,10-15,17H2,1-5H3. The maximum atomic E-state index is 12.4. The molecule has 2 aliphatic rings. The fraction of sp³-hybridized carbons (Fsp3) is 0.680. The van der Waals surface area contributed by atoms with Crippen molar-refractivity contribution < 1.29 is 14.3 Å². The van der Waals surface area contributed by atoms with Crippen LogP contribution in [-0.2, 0) is 11.2 Å². The summed E-state index contributed by atoms with van der Waals surface area (Å²) in [5.41, 5.74) is 1.26. The van der Waals surface area contributed by atoms with Gasteiger partial charge in [0.1, 0.15) is 23.5 Å².